The van der Waals surface area contributed by atoms with E-state index >= 15 is 0 Å². The number of nitrogens with one attached hydrogen (secondary N) is 2. The van der Waals surface area contributed by atoms with Crippen LogP contribution < -0.4 is 15.5 Å². The molecule has 1 amide bonds. The Hall–Kier alpha value is -3.72. The third-order valence-corrected chi connectivity index (χ3v) is 5.21. The first-order valence-corrected chi connectivity index (χ1v) is 10.6. The third-order valence-electron chi connectivity index (χ3n) is 5.01. The molecule has 9 heteroatoms. The first-order chi connectivity index (χ1) is 15.3. The molecule has 0 fully saturated rings. The van der Waals surface area contributed by atoms with E-state index in [9.17, 15) is 14.9 Å². The summed E-state index contributed by atoms with van der Waals surface area (Å²) in [6, 6.07) is 15.1. The van der Waals surface area contributed by atoms with Gasteiger partial charge in [0.15, 0.2) is 10.9 Å². The fourth-order valence-electron chi connectivity index (χ4n) is 3.34. The lowest BCUT2D eigenvalue weighted by molar-refractivity contribution is -0.384. The molecule has 0 bridgehead atoms. The topological polar surface area (TPSA) is 101 Å². The number of thiocarbonyl (C=S) groups is 1. The van der Waals surface area contributed by atoms with Crippen LogP contribution in [0.4, 0.5) is 17.1 Å². The van der Waals surface area contributed by atoms with E-state index in [0.717, 1.165) is 30.0 Å². The van der Waals surface area contributed by atoms with Gasteiger partial charge in [0.25, 0.3) is 11.6 Å². The van der Waals surface area contributed by atoms with Crippen LogP contribution in [0.1, 0.15) is 30.0 Å². The summed E-state index contributed by atoms with van der Waals surface area (Å²) in [5.74, 6) is -0.329. The average Bonchev–Trinajstić information content (AvgIpc) is 3.27. The largest absolute Gasteiger partial charge is 0.451 e. The average molecular weight is 453 g/mol. The van der Waals surface area contributed by atoms with Crippen molar-refractivity contribution in [3.63, 3.8) is 0 Å². The number of rotatable bonds is 7. The fourth-order valence-corrected chi connectivity index (χ4v) is 3.54. The summed E-state index contributed by atoms with van der Waals surface area (Å²) in [4.78, 5) is 25.5. The number of hydrogen-bond acceptors (Lipinski definition) is 6. The van der Waals surface area contributed by atoms with Crippen molar-refractivity contribution in [2.75, 3.05) is 23.3 Å². The summed E-state index contributed by atoms with van der Waals surface area (Å²) in [5, 5.41) is 17.0. The van der Waals surface area contributed by atoms with Crippen molar-refractivity contribution in [1.82, 2.24) is 5.32 Å². The van der Waals surface area contributed by atoms with Crippen molar-refractivity contribution < 1.29 is 14.1 Å². The van der Waals surface area contributed by atoms with Crippen LogP contribution in [0.2, 0.25) is 0 Å². The second-order valence-corrected chi connectivity index (χ2v) is 7.43. The van der Waals surface area contributed by atoms with Gasteiger partial charge in [0.05, 0.1) is 10.5 Å². The highest BCUT2D eigenvalue weighted by molar-refractivity contribution is 7.80. The summed E-state index contributed by atoms with van der Waals surface area (Å²) in [6.45, 7) is 7.99. The summed E-state index contributed by atoms with van der Waals surface area (Å²) in [7, 11) is 0. The molecule has 0 spiro atoms. The van der Waals surface area contributed by atoms with Crippen LogP contribution in [-0.2, 0) is 0 Å². The Morgan fingerprint density at radius 1 is 1.12 bits per heavy atom. The van der Waals surface area contributed by atoms with Crippen LogP contribution in [0, 0.1) is 17.0 Å². The SMILES string of the molecule is CCN(CC)c1ccc(NC(=S)NC(=O)c2ccc(-c3ccccc3[N+](=O)[O-])o2)c(C)c1. The number of nitro benzene ring substituents is 1. The highest BCUT2D eigenvalue weighted by Gasteiger charge is 2.20. The van der Waals surface area contributed by atoms with Crippen molar-refractivity contribution >= 4 is 40.3 Å². The molecule has 0 aliphatic rings. The van der Waals surface area contributed by atoms with E-state index in [1.54, 1.807) is 18.2 Å². The van der Waals surface area contributed by atoms with Crippen LogP contribution >= 0.6 is 12.2 Å². The number of aryl methyl sites for hydroxylation is 1. The normalized spacial score (nSPS) is 10.5. The van der Waals surface area contributed by atoms with Gasteiger partial charge in [0.2, 0.25) is 0 Å². The molecule has 3 rings (SSSR count). The minimum Gasteiger partial charge on any atom is -0.451 e. The molecule has 2 N–H and O–H groups in total. The highest BCUT2D eigenvalue weighted by Crippen LogP contribution is 2.30. The quantitative estimate of drug-likeness (QED) is 0.291. The van der Waals surface area contributed by atoms with Crippen LogP contribution in [0.3, 0.4) is 0 Å². The molecule has 0 saturated carbocycles. The van der Waals surface area contributed by atoms with Crippen molar-refractivity contribution in [2.45, 2.75) is 20.8 Å². The molecule has 0 radical (unpaired) electrons. The van der Waals surface area contributed by atoms with Gasteiger partial charge in [-0.2, -0.15) is 0 Å². The fraction of sp³-hybridized carbons (Fsp3) is 0.217. The molecule has 1 heterocycles. The Morgan fingerprint density at radius 2 is 1.84 bits per heavy atom. The molecule has 0 saturated heterocycles. The predicted molar refractivity (Wildman–Crippen MR) is 129 cm³/mol. The van der Waals surface area contributed by atoms with E-state index in [1.807, 2.05) is 19.1 Å². The van der Waals surface area contributed by atoms with Gasteiger partial charge in [0, 0.05) is 30.5 Å². The molecular formula is C23H24N4O4S. The van der Waals surface area contributed by atoms with E-state index in [4.69, 9.17) is 16.6 Å². The summed E-state index contributed by atoms with van der Waals surface area (Å²) < 4.78 is 5.55. The second kappa shape index (κ2) is 10.1. The zero-order valence-corrected chi connectivity index (χ0v) is 18.9. The summed E-state index contributed by atoms with van der Waals surface area (Å²) >= 11 is 5.27. The van der Waals surface area contributed by atoms with Crippen LogP contribution in [0.25, 0.3) is 11.3 Å². The number of hydrogen-bond donors (Lipinski definition) is 2. The van der Waals surface area contributed by atoms with Crippen molar-refractivity contribution in [3.8, 4) is 11.3 Å². The molecule has 2 aromatic carbocycles. The smallest absolute Gasteiger partial charge is 0.293 e. The van der Waals surface area contributed by atoms with Gasteiger partial charge < -0.3 is 14.6 Å². The van der Waals surface area contributed by atoms with Gasteiger partial charge in [-0.25, -0.2) is 0 Å². The van der Waals surface area contributed by atoms with Crippen molar-refractivity contribution in [2.24, 2.45) is 0 Å². The van der Waals surface area contributed by atoms with E-state index in [0.29, 0.717) is 5.56 Å². The van der Waals surface area contributed by atoms with Gasteiger partial charge in [-0.15, -0.1) is 0 Å². The lowest BCUT2D eigenvalue weighted by Crippen LogP contribution is -2.34. The number of para-hydroxylation sites is 1. The minimum absolute atomic E-state index is 0.00379. The molecule has 0 unspecified atom stereocenters. The highest BCUT2D eigenvalue weighted by atomic mass is 32.1. The maximum atomic E-state index is 12.5. The van der Waals surface area contributed by atoms with Crippen molar-refractivity contribution in [1.29, 1.82) is 0 Å². The van der Waals surface area contributed by atoms with Crippen LogP contribution in [0.15, 0.2) is 59.0 Å². The van der Waals surface area contributed by atoms with Gasteiger partial charge >= 0.3 is 0 Å². The number of nitro groups is 1. The molecule has 0 aliphatic carbocycles. The Labute approximate surface area is 191 Å². The number of furan rings is 1. The van der Waals surface area contributed by atoms with E-state index in [2.05, 4.69) is 35.4 Å². The number of amides is 1. The standard InChI is InChI=1S/C23H24N4O4S/c1-4-26(5-2)16-10-11-18(15(3)14-16)24-23(32)25-22(28)21-13-12-20(31-21)17-8-6-7-9-19(17)27(29)30/h6-14H,4-5H2,1-3H3,(H2,24,25,28,32). The number of benzene rings is 2. The van der Waals surface area contributed by atoms with E-state index in [1.165, 1.54) is 18.2 Å². The monoisotopic (exact) mass is 452 g/mol. The maximum Gasteiger partial charge on any atom is 0.293 e. The molecule has 166 valence electrons. The Kier molecular flexibility index (Phi) is 7.21. The maximum absolute atomic E-state index is 12.5. The Bertz CT molecular complexity index is 1150. The lowest BCUT2D eigenvalue weighted by Gasteiger charge is -2.22. The third kappa shape index (κ3) is 5.12. The van der Waals surface area contributed by atoms with Gasteiger partial charge in [-0.05, 0) is 75.0 Å². The molecule has 8 nitrogen and oxygen atoms in total. The van der Waals surface area contributed by atoms with E-state index < -0.39 is 10.8 Å². The minimum atomic E-state index is -0.551. The number of nitrogens with zero attached hydrogens (tertiary/aromatic N) is 2. The van der Waals surface area contributed by atoms with Gasteiger partial charge in [0.1, 0.15) is 5.76 Å². The zero-order chi connectivity index (χ0) is 23.3. The number of carbonyl (C=O) groups is 1. The Balaban J connectivity index is 1.69. The summed E-state index contributed by atoms with van der Waals surface area (Å²) in [6.07, 6.45) is 0. The molecule has 3 aromatic rings. The predicted octanol–water partition coefficient (Wildman–Crippen LogP) is 5.14. The lowest BCUT2D eigenvalue weighted by atomic mass is 10.1. The van der Waals surface area contributed by atoms with E-state index in [-0.39, 0.29) is 22.3 Å². The number of carbonyl (C=O) groups excluding carboxylic acids is 1. The van der Waals surface area contributed by atoms with Crippen LogP contribution in [0.5, 0.6) is 0 Å². The number of anilines is 2. The van der Waals surface area contributed by atoms with Crippen molar-refractivity contribution in [3.05, 3.63) is 76.0 Å². The first kappa shape index (κ1) is 23.0. The molecule has 32 heavy (non-hydrogen) atoms. The Morgan fingerprint density at radius 3 is 2.50 bits per heavy atom. The second-order valence-electron chi connectivity index (χ2n) is 7.02. The molecule has 1 aromatic heterocycles. The van der Waals surface area contributed by atoms with Crippen LogP contribution in [-0.4, -0.2) is 29.0 Å². The molecule has 0 aliphatic heterocycles. The van der Waals surface area contributed by atoms with Gasteiger partial charge in [-0.3, -0.25) is 20.2 Å². The van der Waals surface area contributed by atoms with Gasteiger partial charge in [-0.1, -0.05) is 12.1 Å². The summed E-state index contributed by atoms with van der Waals surface area (Å²) in [5.41, 5.74) is 3.08. The zero-order valence-electron chi connectivity index (χ0n) is 18.0. The molecule has 0 atom stereocenters. The molecular weight excluding hydrogens is 428 g/mol. The first-order valence-electron chi connectivity index (χ1n) is 10.2.